The summed E-state index contributed by atoms with van der Waals surface area (Å²) in [7, 11) is 1.32. The second kappa shape index (κ2) is 8.71. The molecule has 10 nitrogen and oxygen atoms in total. The van der Waals surface area contributed by atoms with Crippen LogP contribution in [0.2, 0.25) is 0 Å². The summed E-state index contributed by atoms with van der Waals surface area (Å²) in [5.41, 5.74) is 1.70. The molecular formula is C21H19N5O5S. The molecular weight excluding hydrogens is 434 g/mol. The molecule has 32 heavy (non-hydrogen) atoms. The predicted octanol–water partition coefficient (Wildman–Crippen LogP) is 3.54. The molecule has 1 saturated heterocycles. The van der Waals surface area contributed by atoms with E-state index in [4.69, 9.17) is 4.74 Å². The van der Waals surface area contributed by atoms with Crippen molar-refractivity contribution in [1.82, 2.24) is 10.2 Å². The second-order valence-corrected chi connectivity index (χ2v) is 8.30. The van der Waals surface area contributed by atoms with Gasteiger partial charge in [-0.1, -0.05) is 23.5 Å². The van der Waals surface area contributed by atoms with Crippen LogP contribution in [0.3, 0.4) is 0 Å². The van der Waals surface area contributed by atoms with E-state index in [0.29, 0.717) is 18.0 Å². The van der Waals surface area contributed by atoms with Gasteiger partial charge in [-0.25, -0.2) is 0 Å². The van der Waals surface area contributed by atoms with Crippen molar-refractivity contribution in [3.8, 4) is 5.75 Å². The Morgan fingerprint density at radius 2 is 2.09 bits per heavy atom. The second-order valence-electron chi connectivity index (χ2n) is 7.29. The van der Waals surface area contributed by atoms with Gasteiger partial charge >= 0.3 is 5.69 Å². The van der Waals surface area contributed by atoms with Gasteiger partial charge in [-0.3, -0.25) is 25.0 Å². The van der Waals surface area contributed by atoms with Crippen LogP contribution in [0.5, 0.6) is 5.75 Å². The number of nitrogens with one attached hydrogen (secondary N) is 1. The van der Waals surface area contributed by atoms with Gasteiger partial charge < -0.3 is 9.64 Å². The number of benzene rings is 2. The Balaban J connectivity index is 1.46. The number of nitro benzene ring substituents is 1. The molecule has 1 atom stereocenters. The van der Waals surface area contributed by atoms with E-state index in [-0.39, 0.29) is 34.0 Å². The number of hydrogen-bond donors (Lipinski definition) is 1. The van der Waals surface area contributed by atoms with Gasteiger partial charge in [0.15, 0.2) is 5.75 Å². The highest BCUT2D eigenvalue weighted by molar-refractivity contribution is 7.15. The molecule has 0 spiro atoms. The molecule has 1 fully saturated rings. The summed E-state index contributed by atoms with van der Waals surface area (Å²) in [6.45, 7) is 2.45. The Bertz CT molecular complexity index is 1210. The van der Waals surface area contributed by atoms with E-state index in [9.17, 15) is 19.7 Å². The molecule has 11 heteroatoms. The molecule has 1 aromatic heterocycles. The monoisotopic (exact) mass is 453 g/mol. The van der Waals surface area contributed by atoms with E-state index >= 15 is 0 Å². The molecule has 1 N–H and O–H groups in total. The van der Waals surface area contributed by atoms with Gasteiger partial charge in [0.2, 0.25) is 11.0 Å². The van der Waals surface area contributed by atoms with Crippen LogP contribution >= 0.6 is 11.3 Å². The number of carbonyl (C=O) groups is 2. The maximum absolute atomic E-state index is 12.5. The molecule has 164 valence electrons. The average Bonchev–Trinajstić information content (AvgIpc) is 3.39. The SMILES string of the molecule is COc1ccc(C(=O)Nc2nnc(C3CC(=O)N(c4cccc(C)c4)C3)s2)cc1[N+](=O)[O-]. The molecule has 0 saturated carbocycles. The van der Waals surface area contributed by atoms with E-state index in [2.05, 4.69) is 15.5 Å². The molecule has 4 rings (SSSR count). The van der Waals surface area contributed by atoms with Gasteiger partial charge in [0, 0.05) is 36.2 Å². The van der Waals surface area contributed by atoms with Crippen LogP contribution in [-0.2, 0) is 4.79 Å². The van der Waals surface area contributed by atoms with Crippen LogP contribution in [0.4, 0.5) is 16.5 Å². The first-order valence-corrected chi connectivity index (χ1v) is 10.5. The molecule has 0 aliphatic carbocycles. The Hall–Kier alpha value is -3.86. The number of aryl methyl sites for hydroxylation is 1. The first kappa shape index (κ1) is 21.4. The van der Waals surface area contributed by atoms with Gasteiger partial charge in [-0.15, -0.1) is 10.2 Å². The lowest BCUT2D eigenvalue weighted by molar-refractivity contribution is -0.385. The molecule has 0 bridgehead atoms. The minimum atomic E-state index is -0.615. The number of nitrogens with zero attached hydrogens (tertiary/aromatic N) is 4. The predicted molar refractivity (Wildman–Crippen MR) is 118 cm³/mol. The Labute approximate surface area is 187 Å². The Morgan fingerprint density at radius 3 is 2.81 bits per heavy atom. The zero-order chi connectivity index (χ0) is 22.8. The van der Waals surface area contributed by atoms with Crippen molar-refractivity contribution in [1.29, 1.82) is 0 Å². The van der Waals surface area contributed by atoms with Crippen LogP contribution in [0.25, 0.3) is 0 Å². The lowest BCUT2D eigenvalue weighted by atomic mass is 10.1. The van der Waals surface area contributed by atoms with Crippen LogP contribution in [-0.4, -0.2) is 40.6 Å². The Kier molecular flexibility index (Phi) is 5.82. The fraction of sp³-hybridized carbons (Fsp3) is 0.238. The summed E-state index contributed by atoms with van der Waals surface area (Å²) in [6.07, 6.45) is 0.307. The van der Waals surface area contributed by atoms with Crippen molar-refractivity contribution in [3.63, 3.8) is 0 Å². The summed E-state index contributed by atoms with van der Waals surface area (Å²) in [5, 5.41) is 22.8. The van der Waals surface area contributed by atoms with Crippen molar-refractivity contribution >= 4 is 39.7 Å². The zero-order valence-electron chi connectivity index (χ0n) is 17.3. The third kappa shape index (κ3) is 4.28. The number of carbonyl (C=O) groups excluding carboxylic acids is 2. The first-order valence-electron chi connectivity index (χ1n) is 9.70. The van der Waals surface area contributed by atoms with Gasteiger partial charge in [-0.05, 0) is 36.8 Å². The van der Waals surface area contributed by atoms with E-state index in [1.165, 1.54) is 30.6 Å². The molecule has 1 unspecified atom stereocenters. The van der Waals surface area contributed by atoms with Crippen molar-refractivity contribution in [3.05, 3.63) is 68.7 Å². The number of anilines is 2. The zero-order valence-corrected chi connectivity index (χ0v) is 18.1. The van der Waals surface area contributed by atoms with Gasteiger partial charge in [-0.2, -0.15) is 0 Å². The van der Waals surface area contributed by atoms with Crippen LogP contribution in [0.15, 0.2) is 42.5 Å². The number of amides is 2. The highest BCUT2D eigenvalue weighted by atomic mass is 32.1. The summed E-state index contributed by atoms with van der Waals surface area (Å²) in [5.74, 6) is -0.615. The van der Waals surface area contributed by atoms with E-state index < -0.39 is 10.8 Å². The minimum absolute atomic E-state index is 0.00641. The first-order chi connectivity index (χ1) is 15.4. The summed E-state index contributed by atoms with van der Waals surface area (Å²) >= 11 is 1.18. The maximum Gasteiger partial charge on any atom is 0.311 e. The number of methoxy groups -OCH3 is 1. The molecule has 0 radical (unpaired) electrons. The van der Waals surface area contributed by atoms with E-state index in [1.54, 1.807) is 4.90 Å². The number of nitro groups is 1. The van der Waals surface area contributed by atoms with Crippen LogP contribution in [0.1, 0.15) is 33.3 Å². The molecule has 2 aromatic carbocycles. The van der Waals surface area contributed by atoms with Crippen molar-refractivity contribution in [2.75, 3.05) is 23.9 Å². The molecule has 3 aromatic rings. The van der Waals surface area contributed by atoms with Crippen LogP contribution < -0.4 is 15.0 Å². The van der Waals surface area contributed by atoms with Crippen molar-refractivity contribution in [2.24, 2.45) is 0 Å². The fourth-order valence-electron chi connectivity index (χ4n) is 3.51. The van der Waals surface area contributed by atoms with Gasteiger partial charge in [0.25, 0.3) is 5.91 Å². The summed E-state index contributed by atoms with van der Waals surface area (Å²) in [4.78, 5) is 37.4. The number of ether oxygens (including phenoxy) is 1. The quantitative estimate of drug-likeness (QED) is 0.447. The standard InChI is InChI=1S/C21H19N5O5S/c1-12-4-3-5-15(8-12)25-11-14(10-18(25)27)20-23-24-21(32-20)22-19(28)13-6-7-17(31-2)16(9-13)26(29)30/h3-9,14H,10-11H2,1-2H3,(H,22,24,28). The largest absolute Gasteiger partial charge is 0.490 e. The van der Waals surface area contributed by atoms with Gasteiger partial charge in [0.1, 0.15) is 5.01 Å². The lowest BCUT2D eigenvalue weighted by Crippen LogP contribution is -2.24. The smallest absolute Gasteiger partial charge is 0.311 e. The third-order valence-corrected chi connectivity index (χ3v) is 6.09. The molecule has 1 aliphatic heterocycles. The third-order valence-electron chi connectivity index (χ3n) is 5.09. The molecule has 1 aliphatic rings. The lowest BCUT2D eigenvalue weighted by Gasteiger charge is -2.16. The maximum atomic E-state index is 12.5. The van der Waals surface area contributed by atoms with Crippen molar-refractivity contribution in [2.45, 2.75) is 19.3 Å². The topological polar surface area (TPSA) is 128 Å². The fourth-order valence-corrected chi connectivity index (χ4v) is 4.34. The number of hydrogen-bond acceptors (Lipinski definition) is 8. The summed E-state index contributed by atoms with van der Waals surface area (Å²) in [6, 6.07) is 11.7. The average molecular weight is 453 g/mol. The number of aromatic nitrogens is 2. The molecule has 2 heterocycles. The minimum Gasteiger partial charge on any atom is -0.490 e. The number of rotatable bonds is 6. The van der Waals surface area contributed by atoms with E-state index in [0.717, 1.165) is 17.3 Å². The highest BCUT2D eigenvalue weighted by Crippen LogP contribution is 2.35. The highest BCUT2D eigenvalue weighted by Gasteiger charge is 2.34. The van der Waals surface area contributed by atoms with Gasteiger partial charge in [0.05, 0.1) is 12.0 Å². The summed E-state index contributed by atoms with van der Waals surface area (Å²) < 4.78 is 4.95. The Morgan fingerprint density at radius 1 is 1.28 bits per heavy atom. The van der Waals surface area contributed by atoms with Crippen LogP contribution in [0, 0.1) is 17.0 Å². The molecule has 2 amide bonds. The van der Waals surface area contributed by atoms with E-state index in [1.807, 2.05) is 31.2 Å². The van der Waals surface area contributed by atoms with Crippen molar-refractivity contribution < 1.29 is 19.2 Å². The normalized spacial score (nSPS) is 15.6.